The molecule has 2 aliphatic heterocycles. The lowest BCUT2D eigenvalue weighted by Gasteiger charge is -2.31. The van der Waals surface area contributed by atoms with Crippen molar-refractivity contribution in [3.05, 3.63) is 96.0 Å². The molecule has 0 spiro atoms. The predicted molar refractivity (Wildman–Crippen MR) is 528 cm³/mol. The number of rotatable bonds is 61. The lowest BCUT2D eigenvalue weighted by atomic mass is 10.0. The van der Waals surface area contributed by atoms with E-state index in [-0.39, 0.29) is 116 Å². The Balaban J connectivity index is 0.0000326. The summed E-state index contributed by atoms with van der Waals surface area (Å²) in [6, 6.07) is -3.40. The number of para-hydroxylation sites is 1. The number of carbonyl (C=O) groups is 18. The van der Waals surface area contributed by atoms with E-state index in [0.29, 0.717) is 34.9 Å². The number of hydrogen-bond donors (Lipinski definition) is 25. The minimum Gasteiger partial charge on any atom is -0.480 e. The van der Waals surface area contributed by atoms with Gasteiger partial charge in [0.05, 0.1) is 64.2 Å². The first kappa shape index (κ1) is 120. The van der Waals surface area contributed by atoms with Gasteiger partial charge in [-0.1, -0.05) is 146 Å². The monoisotopic (exact) mass is 2050 g/mol. The van der Waals surface area contributed by atoms with Crippen molar-refractivity contribution in [2.24, 2.45) is 17.2 Å². The van der Waals surface area contributed by atoms with Gasteiger partial charge in [0.25, 0.3) is 0 Å². The third-order valence-corrected chi connectivity index (χ3v) is 24.2. The molecule has 2 aromatic carbocycles. The maximum Gasteiger partial charge on any atom is 0.317 e. The van der Waals surface area contributed by atoms with E-state index in [1.807, 2.05) is 0 Å². The molecule has 5 aromatic rings. The molecule has 28 N–H and O–H groups in total. The van der Waals surface area contributed by atoms with Crippen LogP contribution in [0.2, 0.25) is 0 Å². The summed E-state index contributed by atoms with van der Waals surface area (Å²) in [5.41, 5.74) is 18.8. The van der Waals surface area contributed by atoms with Crippen molar-refractivity contribution in [2.45, 2.75) is 286 Å². The molecule has 0 radical (unpaired) electrons. The molecule has 146 heavy (non-hydrogen) atoms. The van der Waals surface area contributed by atoms with E-state index in [1.165, 1.54) is 63.9 Å². The zero-order valence-corrected chi connectivity index (χ0v) is 81.8. The van der Waals surface area contributed by atoms with Crippen molar-refractivity contribution in [2.75, 3.05) is 85.4 Å². The number of primary amides is 2. The summed E-state index contributed by atoms with van der Waals surface area (Å²) >= 11 is 0. The largest absolute Gasteiger partial charge is 0.480 e. The van der Waals surface area contributed by atoms with E-state index in [4.69, 9.17) is 32.1 Å². The van der Waals surface area contributed by atoms with Gasteiger partial charge in [-0.15, -0.1) is 5.10 Å². The van der Waals surface area contributed by atoms with Gasteiger partial charge in [-0.05, 0) is 91.8 Å². The maximum absolute atomic E-state index is 15.5. The Hall–Kier alpha value is -14.2. The number of benzene rings is 2. The number of aliphatic hydroxyl groups is 2. The van der Waals surface area contributed by atoms with E-state index >= 15 is 28.8 Å². The lowest BCUT2D eigenvalue weighted by Crippen LogP contribution is -2.62. The van der Waals surface area contributed by atoms with E-state index in [0.717, 1.165) is 54.1 Å². The minimum atomic E-state index is -2.10. The molecule has 0 bridgehead atoms. The van der Waals surface area contributed by atoms with Gasteiger partial charge in [-0.25, -0.2) is 10.1 Å². The van der Waals surface area contributed by atoms with Crippen LogP contribution in [0.1, 0.15) is 210 Å². The molecule has 0 unspecified atom stereocenters. The molecule has 51 heteroatoms. The molecule has 0 saturated carbocycles. The summed E-state index contributed by atoms with van der Waals surface area (Å²) in [7, 11) is 0. The quantitative estimate of drug-likeness (QED) is 0.0102. The fourth-order valence-electron chi connectivity index (χ4n) is 16.4. The Morgan fingerprint density at radius 3 is 1.86 bits per heavy atom. The second-order valence-corrected chi connectivity index (χ2v) is 35.9. The second-order valence-electron chi connectivity index (χ2n) is 35.9. The number of H-pyrrole nitrogens is 3. The predicted octanol–water partition coefficient (Wildman–Crippen LogP) is -3.40. The molecule has 3 aromatic heterocycles. The summed E-state index contributed by atoms with van der Waals surface area (Å²) in [5, 5.41) is 100.0. The van der Waals surface area contributed by atoms with E-state index < -0.39 is 264 Å². The van der Waals surface area contributed by atoms with Crippen LogP contribution in [0.5, 0.6) is 0 Å². The van der Waals surface area contributed by atoms with Crippen molar-refractivity contribution in [1.29, 1.82) is 5.41 Å². The number of fused-ring (bicyclic) bond motifs is 2. The number of tetrazole rings is 1. The molecule has 806 valence electrons. The van der Waals surface area contributed by atoms with Crippen LogP contribution in [0.4, 0.5) is 0 Å². The highest BCUT2D eigenvalue weighted by Gasteiger charge is 2.45. The number of aromatic nitrogens is 7. The number of aliphatic hydroxyl groups excluding tert-OH is 2. The number of ether oxygens (including phenoxy) is 2. The molecule has 2 saturated heterocycles. The number of aromatic amines is 3. The number of carboxylic acids is 2. The van der Waals surface area contributed by atoms with Gasteiger partial charge in [0.2, 0.25) is 94.5 Å². The van der Waals surface area contributed by atoms with Gasteiger partial charge in [0.15, 0.2) is 5.96 Å². The fraction of sp³-hybridized carbons (Fsp3) is 0.611. The first-order chi connectivity index (χ1) is 69.7. The average Bonchev–Trinajstić information content (AvgIpc) is 1.67. The van der Waals surface area contributed by atoms with Crippen LogP contribution in [-0.4, -0.2) is 336 Å². The zero-order valence-electron chi connectivity index (χ0n) is 81.8. The Morgan fingerprint density at radius 2 is 1.21 bits per heavy atom. The number of carbonyl (C=O) groups excluding carboxylic acids is 16. The minimum absolute atomic E-state index is 0. The van der Waals surface area contributed by atoms with E-state index in [2.05, 4.69) is 110 Å². The van der Waals surface area contributed by atoms with Crippen molar-refractivity contribution in [3.8, 4) is 0 Å². The van der Waals surface area contributed by atoms with Crippen LogP contribution in [0, 0.1) is 5.41 Å². The van der Waals surface area contributed by atoms with E-state index in [9.17, 15) is 78.0 Å². The van der Waals surface area contributed by atoms with Gasteiger partial charge < -0.3 is 136 Å². The molecule has 16 amide bonds. The zero-order chi connectivity index (χ0) is 105. The highest BCUT2D eigenvalue weighted by molar-refractivity contribution is 6.01. The Morgan fingerprint density at radius 1 is 0.603 bits per heavy atom. The number of unbranched alkanes of at least 4 members (excludes halogenated alkanes) is 13. The van der Waals surface area contributed by atoms with Crippen LogP contribution in [-0.2, 0) is 121 Å². The first-order valence-electron chi connectivity index (χ1n) is 49.4. The molecule has 2 fully saturated rings. The number of nitrogens with two attached hydrogens (primary N) is 3. The number of hydrogen-bond acceptors (Lipinski definition) is 28. The van der Waals surface area contributed by atoms with Gasteiger partial charge in [0.1, 0.15) is 78.9 Å². The van der Waals surface area contributed by atoms with Crippen LogP contribution in [0.25, 0.3) is 10.9 Å². The topological polar surface area (TPSA) is 782 Å². The summed E-state index contributed by atoms with van der Waals surface area (Å²) in [6.07, 6.45) is 15.1. The number of amides is 16. The number of nitrogens with zero attached hydrogens (tertiary/aromatic N) is 6. The normalized spacial score (nSPS) is 18.2. The van der Waals surface area contributed by atoms with Gasteiger partial charge in [0, 0.05) is 107 Å². The molecule has 12 atom stereocenters. The standard InChI is InChI=1S/C94H143N27O24.CH4/c1-2-3-28-65(84(134)111-68-35-37-78(126)100-38-23-22-30-64(83(96)133)107-88(138)70(45-59-48-103-63-29-21-20-27-62(59)63)112-85(135)66(31-24-39-102-94(97)98)108-87(137)69(44-58-25-16-15-17-26-58)114-92(142)74-47-61(123)51-121(74)93(68)143)109-90(140)72(52-120(53-81(129)130)54-82(131)132)115-89(139)71(46-60-49-99-57-105-60)113-86(136)67(34-36-75(95)124)110-91(141)73(55-122)106-79(127)50-104-80(128)56-145-43-42-144-41-40-101-77(125)33-19-14-12-10-8-6-4-5-7-9-11-13-18-32-76-116-118-119-117-76;/h15-17,20-21,25-27,29,48-49,57,61,64-74,103,122-123H,2-14,18-19,22-24,28,30-47,50-56H2,1H3,(H2,95,124)(H2,96,133)(H,99,105)(H,100,126)(H,101,125)(H,104,128)(H,106,127)(H,107,138)(H,108,137)(H,109,140)(H,110,141)(H,111,134)(H,112,135)(H,113,136)(H,114,142)(H,115,139)(H,129,130)(H,131,132)(H4,97,98,102)(H,116,117,118,119);1H4/t61-,64+,65+,66+,67+,68+,69-,70-,71+,72+,73+,74+;/m1./s1. The summed E-state index contributed by atoms with van der Waals surface area (Å²) in [4.78, 5) is 263. The van der Waals surface area contributed by atoms with Gasteiger partial charge in [-0.2, -0.15) is 0 Å². The second kappa shape index (κ2) is 66.7. The number of nitrogens with one attached hydrogen (secondary N) is 18. The maximum atomic E-state index is 15.5. The molecular weight excluding hydrogens is 1900 g/mol. The summed E-state index contributed by atoms with van der Waals surface area (Å²) in [5.74, 6) is -18.4. The number of guanidine groups is 1. The summed E-state index contributed by atoms with van der Waals surface area (Å²) < 4.78 is 10.8. The van der Waals surface area contributed by atoms with Gasteiger partial charge >= 0.3 is 11.9 Å². The van der Waals surface area contributed by atoms with Crippen LogP contribution >= 0.6 is 0 Å². The van der Waals surface area contributed by atoms with Gasteiger partial charge in [-0.3, -0.25) is 96.6 Å². The number of imidazole rings is 1. The van der Waals surface area contributed by atoms with Crippen LogP contribution in [0.15, 0.2) is 73.3 Å². The van der Waals surface area contributed by atoms with Crippen LogP contribution in [0.3, 0.4) is 0 Å². The lowest BCUT2D eigenvalue weighted by molar-refractivity contribution is -0.144. The van der Waals surface area contributed by atoms with Crippen molar-refractivity contribution < 1.29 is 116 Å². The summed E-state index contributed by atoms with van der Waals surface area (Å²) in [6.45, 7) is -4.06. The number of aliphatic carboxylic acids is 2. The highest BCUT2D eigenvalue weighted by Crippen LogP contribution is 2.25. The van der Waals surface area contributed by atoms with E-state index in [1.54, 1.807) is 67.7 Å². The van der Waals surface area contributed by atoms with Crippen molar-refractivity contribution in [1.82, 2.24) is 120 Å². The Bertz CT molecular complexity index is 4980. The molecule has 2 aliphatic rings. The van der Waals surface area contributed by atoms with Crippen molar-refractivity contribution in [3.63, 3.8) is 0 Å². The Labute approximate surface area is 845 Å². The molecule has 7 rings (SSSR count). The Kier molecular flexibility index (Phi) is 55.0. The SMILES string of the molecule is C.CCCC[C@H](NC(=O)[C@H](CN(CC(=O)O)CC(=O)O)NC(=O)[C@H](Cc1c[nH]cn1)NC(=O)[C@H](CCC(N)=O)NC(=O)[C@H](CO)NC(=O)CNC(=O)COCCOCCNC(=O)CCCCCCCCCCCCCCCc1nnn[nH]1)C(=O)N[C@H]1CCC(=O)NCCCC[C@@H](C(N)=O)NC(=O)[C@@H](Cc2c[nH]c3ccccc23)NC(=O)[C@H](CCCNC(=N)N)NC(=O)[C@@H](Cc2ccccc2)NC(=O)[C@@H]2C[C@@H](O)CN2C1=O. The average molecular weight is 2050 g/mol. The first-order valence-corrected chi connectivity index (χ1v) is 49.4. The molecular formula is C95H147N27O24. The number of carboxylic acid groups (broad SMARTS) is 2. The number of aryl methyl sites for hydroxylation is 1. The highest BCUT2D eigenvalue weighted by atomic mass is 16.5. The smallest absolute Gasteiger partial charge is 0.317 e. The van der Waals surface area contributed by atoms with Crippen molar-refractivity contribution >= 4 is 123 Å². The van der Waals surface area contributed by atoms with Crippen LogP contribution < -0.4 is 91.6 Å². The third-order valence-electron chi connectivity index (χ3n) is 24.2. The fourth-order valence-corrected chi connectivity index (χ4v) is 16.4. The molecule has 0 aliphatic carbocycles. The molecule has 5 heterocycles. The third kappa shape index (κ3) is 45.8. The molecule has 51 nitrogen and oxygen atoms in total.